The third kappa shape index (κ3) is 8.94. The van der Waals surface area contributed by atoms with E-state index >= 15 is 0 Å². The molecule has 0 aromatic heterocycles. The van der Waals surface area contributed by atoms with Gasteiger partial charge in [-0.3, -0.25) is 0 Å². The summed E-state index contributed by atoms with van der Waals surface area (Å²) in [5.74, 6) is 0.452. The molecule has 0 heterocycles. The number of benzene rings is 2. The summed E-state index contributed by atoms with van der Waals surface area (Å²) < 4.78 is 44.1. The van der Waals surface area contributed by atoms with Gasteiger partial charge in [0.2, 0.25) is 0 Å². The highest BCUT2D eigenvalue weighted by Crippen LogP contribution is 2.44. The van der Waals surface area contributed by atoms with Crippen molar-refractivity contribution in [1.82, 2.24) is 0 Å². The molecule has 0 unspecified atom stereocenters. The zero-order chi connectivity index (χ0) is 30.1. The minimum absolute atomic E-state index is 0.00121. The number of carbonyl (C=O) groups is 1. The van der Waals surface area contributed by atoms with Crippen molar-refractivity contribution in [1.29, 1.82) is 0 Å². The molecule has 3 saturated carbocycles. The normalized spacial score (nSPS) is 21.0. The van der Waals surface area contributed by atoms with Crippen LogP contribution in [-0.4, -0.2) is 18.9 Å². The molecule has 0 atom stereocenters. The minimum atomic E-state index is -4.68. The lowest BCUT2D eigenvalue weighted by molar-refractivity contribution is 0.0734. The molecule has 3 aliphatic carbocycles. The van der Waals surface area contributed by atoms with Crippen molar-refractivity contribution in [3.05, 3.63) is 58.7 Å². The quantitative estimate of drug-likeness (QED) is 0.185. The first kappa shape index (κ1) is 32.2. The number of hydrogen-bond acceptors (Lipinski definition) is 5. The first-order chi connectivity index (χ1) is 20.9. The second-order valence-electron chi connectivity index (χ2n) is 13.5. The molecule has 0 bridgehead atoms. The summed E-state index contributed by atoms with van der Waals surface area (Å²) in [4.78, 5) is 13.4. The van der Waals surface area contributed by atoms with Crippen LogP contribution >= 0.6 is 0 Å². The van der Waals surface area contributed by atoms with Crippen molar-refractivity contribution in [3.63, 3.8) is 0 Å². The van der Waals surface area contributed by atoms with Gasteiger partial charge in [0, 0.05) is 0 Å². The smallest absolute Gasteiger partial charge is 0.343 e. The van der Waals surface area contributed by atoms with E-state index in [2.05, 4.69) is 12.1 Å². The number of hydrogen-bond donors (Lipinski definition) is 0. The maximum absolute atomic E-state index is 13.4. The molecule has 0 radical (unpaired) electrons. The monoisotopic (exact) mass is 607 g/mol. The van der Waals surface area contributed by atoms with E-state index in [1.165, 1.54) is 76.2 Å². The highest BCUT2D eigenvalue weighted by atomic mass is 32.2. The van der Waals surface area contributed by atoms with E-state index in [0.29, 0.717) is 28.4 Å². The average molecular weight is 608 g/mol. The molecular weight excluding hydrogens is 556 g/mol. The Balaban J connectivity index is 1.37. The van der Waals surface area contributed by atoms with Gasteiger partial charge in [0.1, 0.15) is 15.9 Å². The molecule has 0 saturated heterocycles. The Bertz CT molecular complexity index is 1240. The third-order valence-electron chi connectivity index (χ3n) is 10.4. The Kier molecular flexibility index (Phi) is 11.8. The molecule has 3 fully saturated rings. The number of ether oxygens (including phenoxy) is 1. The van der Waals surface area contributed by atoms with Crippen LogP contribution in [0.2, 0.25) is 0 Å². The van der Waals surface area contributed by atoms with Gasteiger partial charge < -0.3 is 9.29 Å². The van der Waals surface area contributed by atoms with Crippen molar-refractivity contribution in [2.24, 2.45) is 0 Å². The van der Waals surface area contributed by atoms with E-state index in [1.54, 1.807) is 12.1 Å². The predicted octanol–water partition coefficient (Wildman–Crippen LogP) is 10.3. The van der Waals surface area contributed by atoms with E-state index in [-0.39, 0.29) is 16.7 Å². The van der Waals surface area contributed by atoms with E-state index < -0.39 is 16.1 Å². The fourth-order valence-electron chi connectivity index (χ4n) is 7.98. The molecular formula is C37H51O5S-. The van der Waals surface area contributed by atoms with Crippen LogP contribution in [-0.2, 0) is 10.1 Å². The number of carbonyl (C=O) groups excluding carboxylic acids is 1. The van der Waals surface area contributed by atoms with Gasteiger partial charge in [-0.25, -0.2) is 13.2 Å². The Morgan fingerprint density at radius 2 is 0.953 bits per heavy atom. The third-order valence-corrected chi connectivity index (χ3v) is 11.4. The van der Waals surface area contributed by atoms with E-state index in [0.717, 1.165) is 64.2 Å². The second-order valence-corrected chi connectivity index (χ2v) is 14.8. The van der Waals surface area contributed by atoms with Crippen LogP contribution in [0.15, 0.2) is 41.3 Å². The van der Waals surface area contributed by atoms with E-state index in [1.807, 2.05) is 12.1 Å². The molecule has 0 aliphatic heterocycles. The maximum atomic E-state index is 13.4. The van der Waals surface area contributed by atoms with Gasteiger partial charge in [0.25, 0.3) is 0 Å². The molecule has 2 aromatic carbocycles. The zero-order valence-corrected chi connectivity index (χ0v) is 26.8. The second kappa shape index (κ2) is 15.7. The summed E-state index contributed by atoms with van der Waals surface area (Å²) in [7, 11) is -4.68. The minimum Gasteiger partial charge on any atom is -0.744 e. The molecule has 3 aliphatic rings. The Morgan fingerprint density at radius 3 is 1.37 bits per heavy atom. The van der Waals surface area contributed by atoms with E-state index in [9.17, 15) is 17.8 Å². The lowest BCUT2D eigenvalue weighted by atomic mass is 9.79. The largest absolute Gasteiger partial charge is 0.744 e. The predicted molar refractivity (Wildman–Crippen MR) is 171 cm³/mol. The van der Waals surface area contributed by atoms with Gasteiger partial charge in [-0.15, -0.1) is 0 Å². The standard InChI is InChI=1S/C37H52O5S/c38-37(32-24-22-29(23-25-32)28-16-10-6-4-2-1-3-5-7-11-17-28)42-33-26-34(30-18-12-8-13-19-30)36(43(39,40)41)35(27-33)31-20-14-9-15-21-31/h22-28,30-31H,1-21H2,(H,39,40,41)/p-1. The van der Waals surface area contributed by atoms with Crippen LogP contribution < -0.4 is 4.74 Å². The Morgan fingerprint density at radius 1 is 0.581 bits per heavy atom. The topological polar surface area (TPSA) is 83.5 Å². The lowest BCUT2D eigenvalue weighted by Gasteiger charge is -2.31. The van der Waals surface area contributed by atoms with Crippen LogP contribution in [0.4, 0.5) is 0 Å². The van der Waals surface area contributed by atoms with Gasteiger partial charge in [-0.1, -0.05) is 108 Å². The van der Waals surface area contributed by atoms with Crippen LogP contribution in [0, 0.1) is 0 Å². The van der Waals surface area contributed by atoms with Gasteiger partial charge in [-0.05, 0) is 97.2 Å². The van der Waals surface area contributed by atoms with Crippen molar-refractivity contribution < 1.29 is 22.5 Å². The fourth-order valence-corrected chi connectivity index (χ4v) is 9.01. The van der Waals surface area contributed by atoms with Crippen LogP contribution in [0.25, 0.3) is 0 Å². The Hall–Kier alpha value is -2.18. The molecule has 0 N–H and O–H groups in total. The van der Waals surface area contributed by atoms with Gasteiger partial charge >= 0.3 is 5.97 Å². The highest BCUT2D eigenvalue weighted by molar-refractivity contribution is 7.85. The van der Waals surface area contributed by atoms with Crippen LogP contribution in [0.3, 0.4) is 0 Å². The summed E-state index contributed by atoms with van der Waals surface area (Å²) in [6.45, 7) is 0. The average Bonchev–Trinajstić information content (AvgIpc) is 3.01. The molecule has 43 heavy (non-hydrogen) atoms. The summed E-state index contributed by atoms with van der Waals surface area (Å²) >= 11 is 0. The van der Waals surface area contributed by atoms with Crippen molar-refractivity contribution in [3.8, 4) is 5.75 Å². The molecule has 2 aromatic rings. The van der Waals surface area contributed by atoms with E-state index in [4.69, 9.17) is 4.74 Å². The van der Waals surface area contributed by atoms with Crippen molar-refractivity contribution >= 4 is 16.1 Å². The van der Waals surface area contributed by atoms with Crippen molar-refractivity contribution in [2.45, 2.75) is 157 Å². The molecule has 5 rings (SSSR count). The van der Waals surface area contributed by atoms with Gasteiger partial charge in [0.05, 0.1) is 10.5 Å². The highest BCUT2D eigenvalue weighted by Gasteiger charge is 2.29. The fraction of sp³-hybridized carbons (Fsp3) is 0.649. The molecule has 5 nitrogen and oxygen atoms in total. The van der Waals surface area contributed by atoms with Crippen molar-refractivity contribution in [2.75, 3.05) is 0 Å². The van der Waals surface area contributed by atoms with Crippen LogP contribution in [0.5, 0.6) is 5.75 Å². The number of rotatable bonds is 6. The molecule has 236 valence electrons. The summed E-state index contributed by atoms with van der Waals surface area (Å²) in [5.41, 5.74) is 2.94. The van der Waals surface area contributed by atoms with Gasteiger partial charge in [-0.2, -0.15) is 0 Å². The summed E-state index contributed by atoms with van der Waals surface area (Å²) in [6.07, 6.45) is 24.0. The first-order valence-corrected chi connectivity index (χ1v) is 18.8. The summed E-state index contributed by atoms with van der Waals surface area (Å²) in [6, 6.07) is 11.3. The summed E-state index contributed by atoms with van der Waals surface area (Å²) in [5, 5.41) is 0. The SMILES string of the molecule is O=C(Oc1cc(C2CCCCC2)c(S(=O)(=O)[O-])c(C2CCCCC2)c1)c1ccc(C2CCCCCCCCCCC2)cc1. The first-order valence-electron chi connectivity index (χ1n) is 17.4. The lowest BCUT2D eigenvalue weighted by Crippen LogP contribution is -2.18. The number of esters is 1. The molecule has 0 spiro atoms. The van der Waals surface area contributed by atoms with Gasteiger partial charge in [0.15, 0.2) is 0 Å². The molecule has 6 heteroatoms. The van der Waals surface area contributed by atoms with Crippen LogP contribution in [0.1, 0.15) is 180 Å². The zero-order valence-electron chi connectivity index (χ0n) is 26.0. The molecule has 0 amide bonds. The Labute approximate surface area is 259 Å². The maximum Gasteiger partial charge on any atom is 0.343 e.